The molecule has 0 bridgehead atoms. The van der Waals surface area contributed by atoms with E-state index in [9.17, 15) is 22.7 Å². The zero-order valence-electron chi connectivity index (χ0n) is 18.9. The number of hydrogen-bond acceptors (Lipinski definition) is 6. The average molecular weight is 558 g/mol. The number of nitrogens with zero attached hydrogens (tertiary/aromatic N) is 1. The van der Waals surface area contributed by atoms with Gasteiger partial charge in [0.25, 0.3) is 0 Å². The number of benzene rings is 3. The van der Waals surface area contributed by atoms with Crippen molar-refractivity contribution in [3.63, 3.8) is 0 Å². The molecule has 0 aliphatic carbocycles. The van der Waals surface area contributed by atoms with Gasteiger partial charge in [0, 0.05) is 24.7 Å². The van der Waals surface area contributed by atoms with Crippen molar-refractivity contribution >= 4 is 39.2 Å². The molecule has 12 heteroatoms. The predicted molar refractivity (Wildman–Crippen MR) is 133 cm³/mol. The second-order valence-electron chi connectivity index (χ2n) is 7.53. The van der Waals surface area contributed by atoms with Crippen molar-refractivity contribution in [2.24, 2.45) is 0 Å². The molecule has 0 aromatic heterocycles. The van der Waals surface area contributed by atoms with Crippen molar-refractivity contribution in [3.05, 3.63) is 76.0 Å². The molecule has 0 radical (unpaired) electrons. The number of sulfonamides is 1. The molecule has 3 aromatic carbocycles. The Balaban J connectivity index is 2.05. The number of rotatable bonds is 11. The number of carboxylic acids is 1. The molecule has 0 saturated carbocycles. The number of aliphatic carboxylic acids is 1. The number of ether oxygens (including phenoxy) is 2. The van der Waals surface area contributed by atoms with Gasteiger partial charge in [-0.15, -0.1) is 0 Å². The number of halogens is 3. The molecule has 0 saturated heterocycles. The third kappa shape index (κ3) is 6.65. The lowest BCUT2D eigenvalue weighted by molar-refractivity contribution is -0.139. The van der Waals surface area contributed by atoms with Crippen molar-refractivity contribution in [3.8, 4) is 22.6 Å². The highest BCUT2D eigenvalue weighted by Crippen LogP contribution is 2.35. The fourth-order valence-corrected chi connectivity index (χ4v) is 5.20. The van der Waals surface area contributed by atoms with E-state index in [2.05, 4.69) is 0 Å². The normalized spacial score (nSPS) is 11.5. The van der Waals surface area contributed by atoms with E-state index in [-0.39, 0.29) is 39.5 Å². The molecule has 0 unspecified atom stereocenters. The van der Waals surface area contributed by atoms with Crippen LogP contribution < -0.4 is 9.47 Å². The highest BCUT2D eigenvalue weighted by molar-refractivity contribution is 7.89. The van der Waals surface area contributed by atoms with Gasteiger partial charge in [0.2, 0.25) is 10.0 Å². The number of carboxylic acid groups (broad SMARTS) is 1. The van der Waals surface area contributed by atoms with E-state index in [4.69, 9.17) is 37.8 Å². The number of methoxy groups -OCH3 is 1. The topological polar surface area (TPSA) is 113 Å². The largest absolute Gasteiger partial charge is 0.497 e. The first-order chi connectivity index (χ1) is 17.0. The van der Waals surface area contributed by atoms with E-state index in [0.717, 1.165) is 4.31 Å². The Bertz CT molecular complexity index is 1370. The average Bonchev–Trinajstić information content (AvgIpc) is 2.83. The summed E-state index contributed by atoms with van der Waals surface area (Å²) in [5.41, 5.74) is 1.12. The molecule has 8 nitrogen and oxygen atoms in total. The summed E-state index contributed by atoms with van der Waals surface area (Å²) in [7, 11) is -2.71. The summed E-state index contributed by atoms with van der Waals surface area (Å²) in [5, 5.41) is 18.8. The van der Waals surface area contributed by atoms with Crippen LogP contribution in [0.25, 0.3) is 11.1 Å². The van der Waals surface area contributed by atoms with Crippen LogP contribution in [0.3, 0.4) is 0 Å². The Hall–Kier alpha value is -2.89. The van der Waals surface area contributed by atoms with Gasteiger partial charge in [0.15, 0.2) is 6.61 Å². The number of carbonyl (C=O) groups is 1. The van der Waals surface area contributed by atoms with Gasteiger partial charge in [0.05, 0.1) is 28.7 Å². The van der Waals surface area contributed by atoms with E-state index in [1.165, 1.54) is 49.6 Å². The fraction of sp³-hybridized carbons (Fsp3) is 0.208. The molecule has 0 amide bonds. The van der Waals surface area contributed by atoms with Crippen LogP contribution >= 0.6 is 23.2 Å². The molecular formula is C24H22Cl2FNO7S. The second-order valence-corrected chi connectivity index (χ2v) is 10.3. The molecule has 0 atom stereocenters. The molecule has 0 fully saturated rings. The van der Waals surface area contributed by atoms with Gasteiger partial charge in [-0.25, -0.2) is 17.6 Å². The first-order valence-corrected chi connectivity index (χ1v) is 12.6. The smallest absolute Gasteiger partial charge is 0.341 e. The van der Waals surface area contributed by atoms with E-state index in [1.54, 1.807) is 12.1 Å². The van der Waals surface area contributed by atoms with Gasteiger partial charge >= 0.3 is 5.97 Å². The summed E-state index contributed by atoms with van der Waals surface area (Å²) in [6, 6.07) is 12.4. The quantitative estimate of drug-likeness (QED) is 0.358. The van der Waals surface area contributed by atoms with Crippen molar-refractivity contribution in [1.29, 1.82) is 0 Å². The SMILES string of the molecule is COc1cc(F)cc(-c2cc(CN(CCO)S(=O)(=O)c3ccc(Cl)c(Cl)c3)ccc2OCC(=O)O)c1. The van der Waals surface area contributed by atoms with Crippen LogP contribution in [-0.2, 0) is 21.4 Å². The van der Waals surface area contributed by atoms with Crippen LogP contribution in [0, 0.1) is 5.82 Å². The lowest BCUT2D eigenvalue weighted by Crippen LogP contribution is -2.33. The third-order valence-corrected chi connectivity index (χ3v) is 7.63. The molecule has 36 heavy (non-hydrogen) atoms. The van der Waals surface area contributed by atoms with Gasteiger partial charge in [0.1, 0.15) is 17.3 Å². The Labute approximate surface area is 217 Å². The van der Waals surface area contributed by atoms with Gasteiger partial charge in [-0.3, -0.25) is 0 Å². The first-order valence-electron chi connectivity index (χ1n) is 10.4. The van der Waals surface area contributed by atoms with Crippen LogP contribution in [0.15, 0.2) is 59.5 Å². The van der Waals surface area contributed by atoms with Gasteiger partial charge in [-0.1, -0.05) is 29.3 Å². The van der Waals surface area contributed by atoms with E-state index < -0.39 is 35.0 Å². The van der Waals surface area contributed by atoms with Gasteiger partial charge in [-0.05, 0) is 53.6 Å². The van der Waals surface area contributed by atoms with Crippen LogP contribution in [0.4, 0.5) is 4.39 Å². The maximum absolute atomic E-state index is 14.2. The Morgan fingerprint density at radius 2 is 1.81 bits per heavy atom. The standard InChI is InChI=1S/C24H22Cl2FNO7S/c1-34-18-10-16(9-17(27)11-18)20-8-15(2-5-23(20)35-14-24(30)31)13-28(6-7-29)36(32,33)19-3-4-21(25)22(26)12-19/h2-5,8-12,29H,6-7,13-14H2,1H3,(H,30,31). The molecule has 0 spiro atoms. The minimum absolute atomic E-state index is 0.0592. The number of aliphatic hydroxyl groups is 1. The van der Waals surface area contributed by atoms with Crippen molar-refractivity contribution < 1.29 is 37.3 Å². The van der Waals surface area contributed by atoms with E-state index in [1.807, 2.05) is 0 Å². The fourth-order valence-electron chi connectivity index (χ4n) is 3.39. The lowest BCUT2D eigenvalue weighted by Gasteiger charge is -2.22. The second kappa shape index (κ2) is 11.9. The third-order valence-electron chi connectivity index (χ3n) is 5.05. The summed E-state index contributed by atoms with van der Waals surface area (Å²) in [4.78, 5) is 10.9. The molecule has 0 aliphatic heterocycles. The van der Waals surface area contributed by atoms with Gasteiger partial charge < -0.3 is 19.7 Å². The van der Waals surface area contributed by atoms with Crippen molar-refractivity contribution in [2.75, 3.05) is 26.9 Å². The summed E-state index contributed by atoms with van der Waals surface area (Å²) in [5.74, 6) is -1.43. The zero-order chi connectivity index (χ0) is 26.5. The minimum Gasteiger partial charge on any atom is -0.497 e. The Morgan fingerprint density at radius 1 is 1.06 bits per heavy atom. The Morgan fingerprint density at radius 3 is 2.44 bits per heavy atom. The van der Waals surface area contributed by atoms with Crippen LogP contribution in [0.1, 0.15) is 5.56 Å². The number of aliphatic hydroxyl groups excluding tert-OH is 1. The molecule has 0 heterocycles. The van der Waals surface area contributed by atoms with E-state index in [0.29, 0.717) is 16.7 Å². The van der Waals surface area contributed by atoms with Crippen LogP contribution in [-0.4, -0.2) is 55.8 Å². The molecular weight excluding hydrogens is 536 g/mol. The summed E-state index contributed by atoms with van der Waals surface area (Å²) < 4.78 is 52.3. The van der Waals surface area contributed by atoms with Gasteiger partial charge in [-0.2, -0.15) is 4.31 Å². The lowest BCUT2D eigenvalue weighted by atomic mass is 10.0. The monoisotopic (exact) mass is 557 g/mol. The molecule has 3 rings (SSSR count). The molecule has 3 aromatic rings. The first kappa shape index (κ1) is 27.7. The van der Waals surface area contributed by atoms with Crippen LogP contribution in [0.2, 0.25) is 10.0 Å². The molecule has 0 aliphatic rings. The molecule has 192 valence electrons. The maximum atomic E-state index is 14.2. The van der Waals surface area contributed by atoms with E-state index >= 15 is 0 Å². The number of hydrogen-bond donors (Lipinski definition) is 2. The zero-order valence-corrected chi connectivity index (χ0v) is 21.3. The highest BCUT2D eigenvalue weighted by Gasteiger charge is 2.25. The highest BCUT2D eigenvalue weighted by atomic mass is 35.5. The van der Waals surface area contributed by atoms with Crippen molar-refractivity contribution in [1.82, 2.24) is 4.31 Å². The Kier molecular flexibility index (Phi) is 9.15. The summed E-state index contributed by atoms with van der Waals surface area (Å²) in [6.45, 7) is -1.47. The summed E-state index contributed by atoms with van der Waals surface area (Å²) >= 11 is 11.9. The molecule has 2 N–H and O–H groups in total. The van der Waals surface area contributed by atoms with Crippen LogP contribution in [0.5, 0.6) is 11.5 Å². The predicted octanol–water partition coefficient (Wildman–Crippen LogP) is 4.45. The minimum atomic E-state index is -4.09. The maximum Gasteiger partial charge on any atom is 0.341 e. The van der Waals surface area contributed by atoms with Crippen molar-refractivity contribution in [2.45, 2.75) is 11.4 Å². The summed E-state index contributed by atoms with van der Waals surface area (Å²) in [6.07, 6.45) is 0.